The van der Waals surface area contributed by atoms with E-state index in [9.17, 15) is 4.79 Å². The lowest BCUT2D eigenvalue weighted by molar-refractivity contribution is -0.127. The molecule has 80 valence electrons. The van der Waals surface area contributed by atoms with Crippen LogP contribution in [-0.2, 0) is 9.53 Å². The monoisotopic (exact) mass is 197 g/mol. The molecule has 2 aliphatic rings. The van der Waals surface area contributed by atoms with Crippen LogP contribution in [0.1, 0.15) is 26.2 Å². The van der Waals surface area contributed by atoms with E-state index >= 15 is 0 Å². The molecule has 0 aromatic rings. The molecule has 1 aliphatic heterocycles. The molecule has 1 saturated heterocycles. The zero-order valence-electron chi connectivity index (χ0n) is 9.03. The van der Waals surface area contributed by atoms with E-state index in [4.69, 9.17) is 4.74 Å². The van der Waals surface area contributed by atoms with Gasteiger partial charge in [-0.25, -0.2) is 0 Å². The van der Waals surface area contributed by atoms with Crippen LogP contribution in [0.3, 0.4) is 0 Å². The Balaban J connectivity index is 1.87. The molecule has 2 fully saturated rings. The van der Waals surface area contributed by atoms with Gasteiger partial charge in [0.1, 0.15) is 5.78 Å². The number of methoxy groups -OCH3 is 1. The van der Waals surface area contributed by atoms with Crippen molar-refractivity contribution in [2.24, 2.45) is 5.92 Å². The van der Waals surface area contributed by atoms with Crippen molar-refractivity contribution in [2.75, 3.05) is 20.2 Å². The Morgan fingerprint density at radius 3 is 2.79 bits per heavy atom. The molecule has 0 N–H and O–H groups in total. The summed E-state index contributed by atoms with van der Waals surface area (Å²) in [6.45, 7) is 4.29. The summed E-state index contributed by atoms with van der Waals surface area (Å²) < 4.78 is 5.24. The quantitative estimate of drug-likeness (QED) is 0.663. The predicted molar refractivity (Wildman–Crippen MR) is 54.2 cm³/mol. The predicted octanol–water partition coefficient (Wildman–Crippen LogP) is 1.07. The normalized spacial score (nSPS) is 35.7. The molecule has 0 amide bonds. The van der Waals surface area contributed by atoms with Crippen LogP contribution in [0.25, 0.3) is 0 Å². The highest BCUT2D eigenvalue weighted by Crippen LogP contribution is 2.29. The van der Waals surface area contributed by atoms with Gasteiger partial charge in [-0.3, -0.25) is 9.69 Å². The third-order valence-corrected chi connectivity index (χ3v) is 3.65. The number of ether oxygens (including phenoxy) is 1. The number of rotatable bonds is 2. The SMILES string of the molecule is COC1CN(C2CC(=O)CCC2C)C1. The molecule has 2 unspecified atom stereocenters. The highest BCUT2D eigenvalue weighted by molar-refractivity contribution is 5.79. The van der Waals surface area contributed by atoms with Crippen LogP contribution in [0.5, 0.6) is 0 Å². The lowest BCUT2D eigenvalue weighted by Crippen LogP contribution is -2.59. The van der Waals surface area contributed by atoms with Crippen molar-refractivity contribution < 1.29 is 9.53 Å². The van der Waals surface area contributed by atoms with E-state index in [-0.39, 0.29) is 0 Å². The Kier molecular flexibility index (Phi) is 2.88. The second-order valence-corrected chi connectivity index (χ2v) is 4.64. The fourth-order valence-electron chi connectivity index (χ4n) is 2.50. The Bertz CT molecular complexity index is 223. The van der Waals surface area contributed by atoms with Gasteiger partial charge in [-0.1, -0.05) is 6.92 Å². The summed E-state index contributed by atoms with van der Waals surface area (Å²) in [4.78, 5) is 13.8. The van der Waals surface area contributed by atoms with Crippen LogP contribution in [0.2, 0.25) is 0 Å². The van der Waals surface area contributed by atoms with Gasteiger partial charge in [0.25, 0.3) is 0 Å². The van der Waals surface area contributed by atoms with Gasteiger partial charge < -0.3 is 4.74 Å². The number of likely N-dealkylation sites (tertiary alicyclic amines) is 1. The molecule has 2 atom stereocenters. The molecule has 14 heavy (non-hydrogen) atoms. The van der Waals surface area contributed by atoms with Crippen molar-refractivity contribution in [1.82, 2.24) is 4.90 Å². The van der Waals surface area contributed by atoms with Crippen LogP contribution in [0.15, 0.2) is 0 Å². The summed E-state index contributed by atoms with van der Waals surface area (Å²) in [5.41, 5.74) is 0. The highest BCUT2D eigenvalue weighted by atomic mass is 16.5. The number of carbonyl (C=O) groups excluding carboxylic acids is 1. The summed E-state index contributed by atoms with van der Waals surface area (Å²) in [5.74, 6) is 1.11. The maximum Gasteiger partial charge on any atom is 0.134 e. The highest BCUT2D eigenvalue weighted by Gasteiger charge is 2.37. The van der Waals surface area contributed by atoms with E-state index in [1.54, 1.807) is 7.11 Å². The van der Waals surface area contributed by atoms with Crippen molar-refractivity contribution in [3.8, 4) is 0 Å². The first kappa shape index (κ1) is 10.1. The smallest absolute Gasteiger partial charge is 0.134 e. The van der Waals surface area contributed by atoms with Crippen molar-refractivity contribution in [3.05, 3.63) is 0 Å². The molecule has 1 aliphatic carbocycles. The molecular weight excluding hydrogens is 178 g/mol. The van der Waals surface area contributed by atoms with Crippen LogP contribution in [0, 0.1) is 5.92 Å². The fraction of sp³-hybridized carbons (Fsp3) is 0.909. The van der Waals surface area contributed by atoms with E-state index in [1.807, 2.05) is 0 Å². The second kappa shape index (κ2) is 3.99. The maximum absolute atomic E-state index is 11.4. The first-order chi connectivity index (χ1) is 6.70. The van der Waals surface area contributed by atoms with Crippen LogP contribution < -0.4 is 0 Å². The van der Waals surface area contributed by atoms with Crippen molar-refractivity contribution in [1.29, 1.82) is 0 Å². The summed E-state index contributed by atoms with van der Waals surface area (Å²) in [6.07, 6.45) is 3.02. The summed E-state index contributed by atoms with van der Waals surface area (Å²) >= 11 is 0. The van der Waals surface area contributed by atoms with Gasteiger partial charge in [-0.05, 0) is 12.3 Å². The van der Waals surface area contributed by atoms with Gasteiger partial charge in [-0.2, -0.15) is 0 Å². The topological polar surface area (TPSA) is 29.5 Å². The first-order valence-corrected chi connectivity index (χ1v) is 5.49. The van der Waals surface area contributed by atoms with Crippen molar-refractivity contribution in [3.63, 3.8) is 0 Å². The first-order valence-electron chi connectivity index (χ1n) is 5.49. The van der Waals surface area contributed by atoms with Crippen molar-refractivity contribution >= 4 is 5.78 Å². The third kappa shape index (κ3) is 1.84. The van der Waals surface area contributed by atoms with Gasteiger partial charge >= 0.3 is 0 Å². The van der Waals surface area contributed by atoms with Gasteiger partial charge in [0.2, 0.25) is 0 Å². The molecule has 0 aromatic carbocycles. The minimum absolute atomic E-state index is 0.402. The third-order valence-electron chi connectivity index (χ3n) is 3.65. The Morgan fingerprint density at radius 2 is 2.14 bits per heavy atom. The minimum Gasteiger partial charge on any atom is -0.379 e. The molecule has 0 spiro atoms. The van der Waals surface area contributed by atoms with Crippen LogP contribution in [-0.4, -0.2) is 43.0 Å². The average molecular weight is 197 g/mol. The van der Waals surface area contributed by atoms with Crippen LogP contribution in [0.4, 0.5) is 0 Å². The number of nitrogens with zero attached hydrogens (tertiary/aromatic N) is 1. The summed E-state index contributed by atoms with van der Waals surface area (Å²) in [7, 11) is 1.76. The molecule has 3 heteroatoms. The molecule has 0 radical (unpaired) electrons. The Labute approximate surface area is 85.4 Å². The molecule has 1 saturated carbocycles. The van der Waals surface area contributed by atoms with E-state index in [2.05, 4.69) is 11.8 Å². The van der Waals surface area contributed by atoms with Gasteiger partial charge in [0.05, 0.1) is 6.10 Å². The molecule has 0 bridgehead atoms. The molecule has 1 heterocycles. The Morgan fingerprint density at radius 1 is 1.43 bits per heavy atom. The number of carbonyl (C=O) groups is 1. The average Bonchev–Trinajstić information content (AvgIpc) is 2.09. The number of hydrogen-bond donors (Lipinski definition) is 0. The van der Waals surface area contributed by atoms with E-state index < -0.39 is 0 Å². The van der Waals surface area contributed by atoms with Gasteiger partial charge in [-0.15, -0.1) is 0 Å². The molecule has 0 aromatic heterocycles. The summed E-state index contributed by atoms with van der Waals surface area (Å²) in [6, 6.07) is 0.489. The van der Waals surface area contributed by atoms with E-state index in [1.165, 1.54) is 0 Å². The molecular formula is C11H19NO2. The minimum atomic E-state index is 0.402. The maximum atomic E-state index is 11.4. The van der Waals surface area contributed by atoms with Crippen molar-refractivity contribution in [2.45, 2.75) is 38.3 Å². The lowest BCUT2D eigenvalue weighted by Gasteiger charge is -2.46. The number of ketones is 1. The number of Topliss-reactive ketones (excluding diaryl/α,β-unsaturated/α-hetero) is 1. The van der Waals surface area contributed by atoms with E-state index in [0.717, 1.165) is 32.4 Å². The van der Waals surface area contributed by atoms with Gasteiger partial charge in [0, 0.05) is 39.1 Å². The zero-order valence-corrected chi connectivity index (χ0v) is 9.03. The second-order valence-electron chi connectivity index (χ2n) is 4.64. The fourth-order valence-corrected chi connectivity index (χ4v) is 2.50. The van der Waals surface area contributed by atoms with Gasteiger partial charge in [0.15, 0.2) is 0 Å². The van der Waals surface area contributed by atoms with E-state index in [0.29, 0.717) is 23.8 Å². The number of hydrogen-bond acceptors (Lipinski definition) is 3. The van der Waals surface area contributed by atoms with Crippen LogP contribution >= 0.6 is 0 Å². The molecule has 3 nitrogen and oxygen atoms in total. The summed E-state index contributed by atoms with van der Waals surface area (Å²) in [5, 5.41) is 0. The Hall–Kier alpha value is -0.410. The largest absolute Gasteiger partial charge is 0.379 e. The molecule has 2 rings (SSSR count). The zero-order chi connectivity index (χ0) is 10.1. The standard InChI is InChI=1S/C11H19NO2/c1-8-3-4-9(13)5-11(8)12-6-10(7-12)14-2/h8,10-11H,3-7H2,1-2H3. The lowest BCUT2D eigenvalue weighted by atomic mass is 9.82.